The summed E-state index contributed by atoms with van der Waals surface area (Å²) in [5.74, 6) is 0.590. The lowest BCUT2D eigenvalue weighted by atomic mass is 9.98. The number of hydrogen-bond acceptors (Lipinski definition) is 4. The van der Waals surface area contributed by atoms with Crippen LogP contribution in [0.1, 0.15) is 41.4 Å². The highest BCUT2D eigenvalue weighted by atomic mass is 32.1. The summed E-state index contributed by atoms with van der Waals surface area (Å²) in [6.45, 7) is 4.72. The minimum atomic E-state index is 0.195. The molecule has 4 nitrogen and oxygen atoms in total. The monoisotopic (exact) mass is 344 g/mol. The molecule has 2 heterocycles. The number of carbonyl (C=O) groups excluding carboxylic acids is 1. The zero-order chi connectivity index (χ0) is 16.8. The summed E-state index contributed by atoms with van der Waals surface area (Å²) in [6, 6.07) is 10.1. The summed E-state index contributed by atoms with van der Waals surface area (Å²) in [5, 5.41) is 3.26. The molecule has 128 valence electrons. The second-order valence-corrected chi connectivity index (χ2v) is 7.18. The highest BCUT2D eigenvalue weighted by Crippen LogP contribution is 2.29. The molecule has 0 bridgehead atoms. The fourth-order valence-corrected chi connectivity index (χ4v) is 3.97. The molecule has 1 aliphatic rings. The molecule has 1 aromatic carbocycles. The average Bonchev–Trinajstić information content (AvgIpc) is 3.06. The lowest BCUT2D eigenvalue weighted by molar-refractivity contribution is -0.133. The predicted octanol–water partition coefficient (Wildman–Crippen LogP) is 3.76. The number of aromatic nitrogens is 1. The summed E-state index contributed by atoms with van der Waals surface area (Å²) in [5.41, 5.74) is 2.22. The van der Waals surface area contributed by atoms with Crippen LogP contribution < -0.4 is 0 Å². The molecule has 1 aromatic heterocycles. The smallest absolute Gasteiger partial charge is 0.224 e. The molecule has 1 atom stereocenters. The Balaban J connectivity index is 1.43. The minimum Gasteiger partial charge on any atom is -0.376 e. The number of ether oxygens (including phenoxy) is 1. The Morgan fingerprint density at radius 2 is 2.21 bits per heavy atom. The zero-order valence-corrected chi connectivity index (χ0v) is 14.9. The van der Waals surface area contributed by atoms with Crippen molar-refractivity contribution in [3.63, 3.8) is 0 Å². The Labute approximate surface area is 147 Å². The number of thiazole rings is 1. The molecular weight excluding hydrogens is 320 g/mol. The Morgan fingerprint density at radius 1 is 1.38 bits per heavy atom. The summed E-state index contributed by atoms with van der Waals surface area (Å²) in [7, 11) is 0. The quantitative estimate of drug-likeness (QED) is 0.749. The van der Waals surface area contributed by atoms with Crippen molar-refractivity contribution in [1.29, 1.82) is 0 Å². The number of carbonyl (C=O) groups is 1. The van der Waals surface area contributed by atoms with Gasteiger partial charge in [-0.1, -0.05) is 30.3 Å². The highest BCUT2D eigenvalue weighted by Gasteiger charge is 2.26. The van der Waals surface area contributed by atoms with Crippen molar-refractivity contribution in [3.8, 4) is 0 Å². The Kier molecular flexibility index (Phi) is 5.99. The van der Waals surface area contributed by atoms with E-state index < -0.39 is 0 Å². The topological polar surface area (TPSA) is 42.4 Å². The van der Waals surface area contributed by atoms with Crippen LogP contribution in [-0.2, 0) is 16.1 Å². The van der Waals surface area contributed by atoms with Gasteiger partial charge in [-0.15, -0.1) is 11.3 Å². The van der Waals surface area contributed by atoms with Crippen LogP contribution in [-0.4, -0.2) is 35.5 Å². The molecule has 0 saturated carbocycles. The van der Waals surface area contributed by atoms with E-state index in [-0.39, 0.29) is 5.91 Å². The Hall–Kier alpha value is -1.72. The van der Waals surface area contributed by atoms with Crippen LogP contribution in [0.25, 0.3) is 0 Å². The van der Waals surface area contributed by atoms with Crippen LogP contribution in [0.5, 0.6) is 0 Å². The minimum absolute atomic E-state index is 0.195. The number of likely N-dealkylation sites (tertiary alicyclic amines) is 1. The molecule has 0 aliphatic carbocycles. The maximum absolute atomic E-state index is 12.4. The number of piperidine rings is 1. The van der Waals surface area contributed by atoms with Gasteiger partial charge in [0, 0.05) is 30.1 Å². The van der Waals surface area contributed by atoms with Crippen LogP contribution in [0, 0.1) is 6.92 Å². The third-order valence-corrected chi connectivity index (χ3v) is 5.46. The molecule has 5 heteroatoms. The number of nitrogens with zero attached hydrogens (tertiary/aromatic N) is 2. The van der Waals surface area contributed by atoms with Crippen LogP contribution in [0.15, 0.2) is 35.7 Å². The van der Waals surface area contributed by atoms with Crippen LogP contribution in [0.3, 0.4) is 0 Å². The van der Waals surface area contributed by atoms with Gasteiger partial charge in [0.2, 0.25) is 5.91 Å². The number of amides is 1. The fraction of sp³-hybridized carbons (Fsp3) is 0.474. The van der Waals surface area contributed by atoms with Crippen LogP contribution >= 0.6 is 11.3 Å². The first-order valence-corrected chi connectivity index (χ1v) is 9.42. The Morgan fingerprint density at radius 3 is 2.96 bits per heavy atom. The highest BCUT2D eigenvalue weighted by molar-refractivity contribution is 7.09. The van der Waals surface area contributed by atoms with Gasteiger partial charge in [0.15, 0.2) is 0 Å². The largest absolute Gasteiger partial charge is 0.376 e. The van der Waals surface area contributed by atoms with E-state index in [1.807, 2.05) is 42.2 Å². The van der Waals surface area contributed by atoms with Crippen LogP contribution in [0.4, 0.5) is 0 Å². The van der Waals surface area contributed by atoms with Gasteiger partial charge in [-0.2, -0.15) is 0 Å². The van der Waals surface area contributed by atoms with Gasteiger partial charge >= 0.3 is 0 Å². The lowest BCUT2D eigenvalue weighted by Crippen LogP contribution is -2.39. The molecule has 0 spiro atoms. The van der Waals surface area contributed by atoms with Gasteiger partial charge in [-0.25, -0.2) is 4.98 Å². The zero-order valence-electron chi connectivity index (χ0n) is 14.1. The van der Waals surface area contributed by atoms with Crippen molar-refractivity contribution in [3.05, 3.63) is 52.0 Å². The van der Waals surface area contributed by atoms with Crippen LogP contribution in [0.2, 0.25) is 0 Å². The van der Waals surface area contributed by atoms with E-state index in [4.69, 9.17) is 4.74 Å². The van der Waals surface area contributed by atoms with Gasteiger partial charge in [0.05, 0.1) is 24.6 Å². The summed E-state index contributed by atoms with van der Waals surface area (Å²) >= 11 is 1.72. The van der Waals surface area contributed by atoms with E-state index in [1.165, 1.54) is 5.01 Å². The second-order valence-electron chi connectivity index (χ2n) is 6.29. The van der Waals surface area contributed by atoms with E-state index in [1.54, 1.807) is 11.3 Å². The predicted molar refractivity (Wildman–Crippen MR) is 96.1 cm³/mol. The van der Waals surface area contributed by atoms with Gasteiger partial charge in [0.25, 0.3) is 0 Å². The first-order valence-electron chi connectivity index (χ1n) is 8.54. The van der Waals surface area contributed by atoms with Gasteiger partial charge in [0.1, 0.15) is 0 Å². The third kappa shape index (κ3) is 4.65. The number of aryl methyl sites for hydroxylation is 1. The molecular formula is C19H24N2O2S. The molecule has 1 saturated heterocycles. The number of benzene rings is 1. The van der Waals surface area contributed by atoms with E-state index in [2.05, 4.69) is 10.4 Å². The molecule has 1 fully saturated rings. The molecule has 1 amide bonds. The standard InChI is InChI=1S/C19H24N2O2S/c1-15-14-24-19(20-15)17-8-5-10-21(12-17)18(22)9-11-23-13-16-6-3-2-4-7-16/h2-4,6-7,14,17H,5,8-13H2,1H3/t17-/m1/s1. The maximum atomic E-state index is 12.4. The molecule has 2 aromatic rings. The van der Waals surface area contributed by atoms with Crippen molar-refractivity contribution in [2.24, 2.45) is 0 Å². The molecule has 0 N–H and O–H groups in total. The maximum Gasteiger partial charge on any atom is 0.224 e. The van der Waals surface area contributed by atoms with E-state index in [0.29, 0.717) is 25.6 Å². The van der Waals surface area contributed by atoms with Gasteiger partial charge in [-0.3, -0.25) is 4.79 Å². The van der Waals surface area contributed by atoms with E-state index in [0.717, 1.165) is 37.2 Å². The lowest BCUT2D eigenvalue weighted by Gasteiger charge is -2.32. The van der Waals surface area contributed by atoms with E-state index in [9.17, 15) is 4.79 Å². The molecule has 0 radical (unpaired) electrons. The van der Waals surface area contributed by atoms with Crippen molar-refractivity contribution < 1.29 is 9.53 Å². The fourth-order valence-electron chi connectivity index (χ4n) is 3.05. The van der Waals surface area contributed by atoms with Crippen molar-refractivity contribution >= 4 is 17.2 Å². The number of rotatable bonds is 6. The first-order chi connectivity index (χ1) is 11.7. The second kappa shape index (κ2) is 8.40. The SMILES string of the molecule is Cc1csc([C@@H]2CCCN(C(=O)CCOCc3ccccc3)C2)n1. The molecule has 0 unspecified atom stereocenters. The first kappa shape index (κ1) is 17.1. The van der Waals surface area contributed by atoms with Gasteiger partial charge in [-0.05, 0) is 25.3 Å². The normalized spacial score (nSPS) is 17.9. The van der Waals surface area contributed by atoms with Gasteiger partial charge < -0.3 is 9.64 Å². The Bertz CT molecular complexity index is 656. The molecule has 3 rings (SSSR count). The average molecular weight is 344 g/mol. The van der Waals surface area contributed by atoms with Crippen molar-refractivity contribution in [2.45, 2.75) is 38.7 Å². The molecule has 24 heavy (non-hydrogen) atoms. The number of hydrogen-bond donors (Lipinski definition) is 0. The van der Waals surface area contributed by atoms with Crippen molar-refractivity contribution in [2.75, 3.05) is 19.7 Å². The summed E-state index contributed by atoms with van der Waals surface area (Å²) in [6.07, 6.45) is 2.64. The van der Waals surface area contributed by atoms with E-state index >= 15 is 0 Å². The summed E-state index contributed by atoms with van der Waals surface area (Å²) < 4.78 is 5.64. The summed E-state index contributed by atoms with van der Waals surface area (Å²) in [4.78, 5) is 19.0. The third-order valence-electron chi connectivity index (χ3n) is 4.33. The molecule has 1 aliphatic heterocycles. The van der Waals surface area contributed by atoms with Crippen molar-refractivity contribution in [1.82, 2.24) is 9.88 Å².